The van der Waals surface area contributed by atoms with Crippen LogP contribution in [-0.2, 0) is 0 Å². The first-order valence-electron chi connectivity index (χ1n) is 4.40. The smallest absolute Gasteiger partial charge is 0.271 e. The van der Waals surface area contributed by atoms with Gasteiger partial charge in [0.2, 0.25) is 0 Å². The Balaban J connectivity index is 2.72. The fourth-order valence-electron chi connectivity index (χ4n) is 0.959. The molecule has 1 aromatic rings. The van der Waals surface area contributed by atoms with E-state index in [4.69, 9.17) is 26.6 Å². The molecule has 0 amide bonds. The second kappa shape index (κ2) is 5.64. The van der Waals surface area contributed by atoms with Gasteiger partial charge in [-0.05, 0) is 6.07 Å². The van der Waals surface area contributed by atoms with Crippen molar-refractivity contribution >= 4 is 17.3 Å². The van der Waals surface area contributed by atoms with Gasteiger partial charge in [-0.2, -0.15) is 0 Å². The van der Waals surface area contributed by atoms with Crippen molar-refractivity contribution in [2.24, 2.45) is 0 Å². The largest absolute Gasteiger partial charge is 0.489 e. The Morgan fingerprint density at radius 2 is 2.25 bits per heavy atom. The summed E-state index contributed by atoms with van der Waals surface area (Å²) in [5.41, 5.74) is -0.139. The van der Waals surface area contributed by atoms with Crippen LogP contribution in [0.4, 0.5) is 5.69 Å². The van der Waals surface area contributed by atoms with Gasteiger partial charge in [0.15, 0.2) is 0 Å². The predicted octanol–water partition coefficient (Wildman–Crippen LogP) is 0.980. The molecule has 1 atom stereocenters. The van der Waals surface area contributed by atoms with Gasteiger partial charge in [-0.15, -0.1) is 0 Å². The van der Waals surface area contributed by atoms with Crippen LogP contribution in [0.5, 0.6) is 5.75 Å². The Bertz CT molecular complexity index is 384. The molecule has 1 rings (SSSR count). The molecule has 0 radical (unpaired) electrons. The minimum atomic E-state index is -1.01. The molecule has 0 heterocycles. The standard InChI is InChI=1S/C9H10ClNO5/c10-8-3-6(11(14)15)1-2-9(8)16-5-7(13)4-12/h1-3,7,12-13H,4-5H2. The van der Waals surface area contributed by atoms with Crippen molar-refractivity contribution in [1.82, 2.24) is 0 Å². The number of nitro groups is 1. The summed E-state index contributed by atoms with van der Waals surface area (Å²) >= 11 is 5.73. The fraction of sp³-hybridized carbons (Fsp3) is 0.333. The van der Waals surface area contributed by atoms with E-state index in [0.29, 0.717) is 0 Å². The molecular weight excluding hydrogens is 238 g/mol. The maximum atomic E-state index is 10.4. The van der Waals surface area contributed by atoms with Gasteiger partial charge < -0.3 is 14.9 Å². The van der Waals surface area contributed by atoms with Gasteiger partial charge in [-0.25, -0.2) is 0 Å². The van der Waals surface area contributed by atoms with Crippen molar-refractivity contribution in [3.05, 3.63) is 33.3 Å². The summed E-state index contributed by atoms with van der Waals surface area (Å²) in [6.07, 6.45) is -1.01. The number of aliphatic hydroxyl groups excluding tert-OH is 2. The molecular formula is C9H10ClNO5. The Hall–Kier alpha value is -1.37. The highest BCUT2D eigenvalue weighted by Crippen LogP contribution is 2.28. The zero-order chi connectivity index (χ0) is 12.1. The zero-order valence-corrected chi connectivity index (χ0v) is 8.92. The highest BCUT2D eigenvalue weighted by molar-refractivity contribution is 6.32. The number of nitrogens with zero attached hydrogens (tertiary/aromatic N) is 1. The lowest BCUT2D eigenvalue weighted by atomic mass is 10.3. The molecule has 0 spiro atoms. The minimum absolute atomic E-state index is 0.0827. The number of benzene rings is 1. The lowest BCUT2D eigenvalue weighted by Gasteiger charge is -2.10. The summed E-state index contributed by atoms with van der Waals surface area (Å²) in [5.74, 6) is 0.222. The van der Waals surface area contributed by atoms with Crippen molar-refractivity contribution < 1.29 is 19.9 Å². The van der Waals surface area contributed by atoms with Crippen molar-refractivity contribution in [1.29, 1.82) is 0 Å². The summed E-state index contributed by atoms with van der Waals surface area (Å²) in [7, 11) is 0. The first-order valence-corrected chi connectivity index (χ1v) is 4.78. The second-order valence-corrected chi connectivity index (χ2v) is 3.43. The maximum Gasteiger partial charge on any atom is 0.271 e. The van der Waals surface area contributed by atoms with E-state index in [1.165, 1.54) is 12.1 Å². The average Bonchev–Trinajstić information content (AvgIpc) is 2.26. The van der Waals surface area contributed by atoms with Crippen LogP contribution in [0, 0.1) is 10.1 Å². The second-order valence-electron chi connectivity index (χ2n) is 3.02. The molecule has 0 fully saturated rings. The van der Waals surface area contributed by atoms with E-state index >= 15 is 0 Å². The van der Waals surface area contributed by atoms with E-state index in [1.807, 2.05) is 0 Å². The molecule has 0 aliphatic carbocycles. The molecule has 0 saturated heterocycles. The van der Waals surface area contributed by atoms with Gasteiger partial charge >= 0.3 is 0 Å². The number of hydrogen-bond donors (Lipinski definition) is 2. The molecule has 0 saturated carbocycles. The van der Waals surface area contributed by atoms with E-state index in [1.54, 1.807) is 0 Å². The van der Waals surface area contributed by atoms with Crippen LogP contribution >= 0.6 is 11.6 Å². The third-order valence-electron chi connectivity index (χ3n) is 1.77. The molecule has 0 bridgehead atoms. The number of aliphatic hydroxyl groups is 2. The third-order valence-corrected chi connectivity index (χ3v) is 2.06. The average molecular weight is 248 g/mol. The lowest BCUT2D eigenvalue weighted by molar-refractivity contribution is -0.384. The van der Waals surface area contributed by atoms with E-state index in [-0.39, 0.29) is 23.1 Å². The monoisotopic (exact) mass is 247 g/mol. The van der Waals surface area contributed by atoms with Crippen LogP contribution in [0.3, 0.4) is 0 Å². The lowest BCUT2D eigenvalue weighted by Crippen LogP contribution is -2.21. The molecule has 0 aliphatic heterocycles. The summed E-state index contributed by atoms with van der Waals surface area (Å²) in [4.78, 5) is 9.84. The number of ether oxygens (including phenoxy) is 1. The molecule has 1 unspecified atom stereocenters. The molecule has 2 N–H and O–H groups in total. The molecule has 0 aromatic heterocycles. The molecule has 6 nitrogen and oxygen atoms in total. The van der Waals surface area contributed by atoms with Gasteiger partial charge in [0.05, 0.1) is 16.6 Å². The van der Waals surface area contributed by atoms with Gasteiger partial charge in [0, 0.05) is 12.1 Å². The van der Waals surface area contributed by atoms with Crippen molar-refractivity contribution in [2.75, 3.05) is 13.2 Å². The molecule has 88 valence electrons. The Morgan fingerprint density at radius 3 is 2.75 bits per heavy atom. The van der Waals surface area contributed by atoms with Crippen molar-refractivity contribution in [2.45, 2.75) is 6.10 Å². The normalized spacial score (nSPS) is 12.2. The molecule has 16 heavy (non-hydrogen) atoms. The summed E-state index contributed by atoms with van der Waals surface area (Å²) in [5, 5.41) is 28.1. The van der Waals surface area contributed by atoms with E-state index in [2.05, 4.69) is 0 Å². The quantitative estimate of drug-likeness (QED) is 0.598. The van der Waals surface area contributed by atoms with Crippen LogP contribution in [-0.4, -0.2) is 34.5 Å². The summed E-state index contributed by atoms with van der Waals surface area (Å²) in [6, 6.07) is 3.74. The number of rotatable bonds is 5. The minimum Gasteiger partial charge on any atom is -0.489 e. The fourth-order valence-corrected chi connectivity index (χ4v) is 1.19. The third kappa shape index (κ3) is 3.34. The Kier molecular flexibility index (Phi) is 4.48. The predicted molar refractivity (Wildman–Crippen MR) is 56.7 cm³/mol. The van der Waals surface area contributed by atoms with Crippen LogP contribution in [0.1, 0.15) is 0 Å². The first-order chi connectivity index (χ1) is 7.54. The summed E-state index contributed by atoms with van der Waals surface area (Å²) < 4.78 is 5.06. The zero-order valence-electron chi connectivity index (χ0n) is 8.17. The highest BCUT2D eigenvalue weighted by atomic mass is 35.5. The van der Waals surface area contributed by atoms with Crippen molar-refractivity contribution in [3.8, 4) is 5.75 Å². The van der Waals surface area contributed by atoms with Crippen LogP contribution in [0.25, 0.3) is 0 Å². The highest BCUT2D eigenvalue weighted by Gasteiger charge is 2.11. The van der Waals surface area contributed by atoms with Gasteiger partial charge in [0.1, 0.15) is 18.5 Å². The number of hydrogen-bond acceptors (Lipinski definition) is 5. The molecule has 1 aromatic carbocycles. The van der Waals surface area contributed by atoms with Crippen LogP contribution < -0.4 is 4.74 Å². The molecule has 7 heteroatoms. The Morgan fingerprint density at radius 1 is 1.56 bits per heavy atom. The van der Waals surface area contributed by atoms with Gasteiger partial charge in [0.25, 0.3) is 5.69 Å². The number of non-ortho nitro benzene ring substituents is 1. The number of nitro benzene ring substituents is 1. The van der Waals surface area contributed by atoms with E-state index in [0.717, 1.165) is 6.07 Å². The van der Waals surface area contributed by atoms with Gasteiger partial charge in [-0.1, -0.05) is 11.6 Å². The maximum absolute atomic E-state index is 10.4. The van der Waals surface area contributed by atoms with E-state index in [9.17, 15) is 10.1 Å². The Labute approximate surface area is 96.2 Å². The molecule has 0 aliphatic rings. The van der Waals surface area contributed by atoms with Crippen molar-refractivity contribution in [3.63, 3.8) is 0 Å². The van der Waals surface area contributed by atoms with E-state index < -0.39 is 17.6 Å². The topological polar surface area (TPSA) is 92.8 Å². The van der Waals surface area contributed by atoms with Gasteiger partial charge in [-0.3, -0.25) is 10.1 Å². The first kappa shape index (κ1) is 12.7. The SMILES string of the molecule is O=[N+]([O-])c1ccc(OCC(O)CO)c(Cl)c1. The summed E-state index contributed by atoms with van der Waals surface area (Å²) in [6.45, 7) is -0.557. The van der Waals surface area contributed by atoms with Crippen LogP contribution in [0.2, 0.25) is 5.02 Å². The number of halogens is 1. The van der Waals surface area contributed by atoms with Crippen LogP contribution in [0.15, 0.2) is 18.2 Å².